The van der Waals surface area contributed by atoms with Crippen molar-refractivity contribution >= 4 is 11.7 Å². The highest BCUT2D eigenvalue weighted by Crippen LogP contribution is 2.27. The third kappa shape index (κ3) is 4.25. The Morgan fingerprint density at radius 2 is 2.08 bits per heavy atom. The molecule has 5 nitrogen and oxygen atoms in total. The molecule has 2 aromatic rings. The van der Waals surface area contributed by atoms with Gasteiger partial charge in [-0.25, -0.2) is 9.07 Å². The van der Waals surface area contributed by atoms with Crippen molar-refractivity contribution < 1.29 is 13.9 Å². The normalized spacial score (nSPS) is 17.7. The van der Waals surface area contributed by atoms with Gasteiger partial charge in [-0.2, -0.15) is 5.10 Å². The summed E-state index contributed by atoms with van der Waals surface area (Å²) in [6, 6.07) is 7.92. The maximum Gasteiger partial charge on any atom is 0.228 e. The van der Waals surface area contributed by atoms with Crippen molar-refractivity contribution in [3.8, 4) is 5.69 Å². The lowest BCUT2D eigenvalue weighted by Crippen LogP contribution is -2.20. The molecule has 134 valence electrons. The number of hydrogen-bond donors (Lipinski definition) is 1. The standard InChI is InChI=1S/C19H24FN3O2/c1-19(2,3)16-12-17(21-18(24)11-15-5-4-10-25-15)23(22-16)14-8-6-13(20)7-9-14/h6-9,12,15H,4-5,10-11H2,1-3H3,(H,21,24)/t15-/m0/s1. The number of anilines is 1. The maximum absolute atomic E-state index is 13.2. The molecule has 1 fully saturated rings. The number of nitrogens with zero attached hydrogens (tertiary/aromatic N) is 2. The van der Waals surface area contributed by atoms with Gasteiger partial charge >= 0.3 is 0 Å². The van der Waals surface area contributed by atoms with Crippen LogP contribution < -0.4 is 5.32 Å². The maximum atomic E-state index is 13.2. The summed E-state index contributed by atoms with van der Waals surface area (Å²) in [4.78, 5) is 12.4. The third-order valence-corrected chi connectivity index (χ3v) is 4.25. The van der Waals surface area contributed by atoms with Gasteiger partial charge in [0.15, 0.2) is 0 Å². The van der Waals surface area contributed by atoms with Crippen molar-refractivity contribution in [3.63, 3.8) is 0 Å². The topological polar surface area (TPSA) is 56.1 Å². The Morgan fingerprint density at radius 1 is 1.36 bits per heavy atom. The predicted octanol–water partition coefficient (Wildman–Crippen LogP) is 3.82. The highest BCUT2D eigenvalue weighted by atomic mass is 19.1. The minimum atomic E-state index is -0.309. The Hall–Kier alpha value is -2.21. The van der Waals surface area contributed by atoms with Crippen LogP contribution >= 0.6 is 0 Å². The Labute approximate surface area is 147 Å². The van der Waals surface area contributed by atoms with Crippen molar-refractivity contribution in [2.45, 2.75) is 51.6 Å². The molecule has 1 aromatic carbocycles. The molecule has 0 aliphatic carbocycles. The van der Waals surface area contributed by atoms with Gasteiger partial charge in [-0.15, -0.1) is 0 Å². The quantitative estimate of drug-likeness (QED) is 0.916. The number of amides is 1. The van der Waals surface area contributed by atoms with E-state index in [2.05, 4.69) is 31.2 Å². The summed E-state index contributed by atoms with van der Waals surface area (Å²) in [6.45, 7) is 6.90. The summed E-state index contributed by atoms with van der Waals surface area (Å²) in [5.41, 5.74) is 1.38. The molecule has 0 radical (unpaired) electrons. The number of ether oxygens (including phenoxy) is 1. The van der Waals surface area contributed by atoms with Crippen LogP contribution in [-0.4, -0.2) is 28.4 Å². The average molecular weight is 345 g/mol. The summed E-state index contributed by atoms with van der Waals surface area (Å²) in [5.74, 6) is 0.172. The number of carbonyl (C=O) groups excluding carboxylic acids is 1. The SMILES string of the molecule is CC(C)(C)c1cc(NC(=O)C[C@@H]2CCCO2)n(-c2ccc(F)cc2)n1. The molecule has 0 spiro atoms. The molecule has 0 saturated carbocycles. The summed E-state index contributed by atoms with van der Waals surface area (Å²) >= 11 is 0. The second kappa shape index (κ2) is 6.96. The van der Waals surface area contributed by atoms with E-state index in [1.54, 1.807) is 16.8 Å². The molecule has 0 unspecified atom stereocenters. The molecule has 6 heteroatoms. The summed E-state index contributed by atoms with van der Waals surface area (Å²) in [6.07, 6.45) is 2.24. The highest BCUT2D eigenvalue weighted by molar-refractivity contribution is 5.90. The lowest BCUT2D eigenvalue weighted by molar-refractivity contribution is -0.118. The zero-order valence-electron chi connectivity index (χ0n) is 14.9. The van der Waals surface area contributed by atoms with Crippen LogP contribution in [0.5, 0.6) is 0 Å². The summed E-state index contributed by atoms with van der Waals surface area (Å²) in [5, 5.41) is 7.55. The molecule has 1 aliphatic rings. The monoisotopic (exact) mass is 345 g/mol. The largest absolute Gasteiger partial charge is 0.378 e. The molecular weight excluding hydrogens is 321 g/mol. The van der Waals surface area contributed by atoms with Crippen LogP contribution in [-0.2, 0) is 14.9 Å². The molecular formula is C19H24FN3O2. The van der Waals surface area contributed by atoms with Gasteiger partial charge < -0.3 is 10.1 Å². The molecule has 1 aliphatic heterocycles. The minimum Gasteiger partial charge on any atom is -0.378 e. The summed E-state index contributed by atoms with van der Waals surface area (Å²) < 4.78 is 20.4. The van der Waals surface area contributed by atoms with Crippen molar-refractivity contribution in [3.05, 3.63) is 41.8 Å². The van der Waals surface area contributed by atoms with E-state index in [0.717, 1.165) is 25.1 Å². The Morgan fingerprint density at radius 3 is 2.68 bits per heavy atom. The smallest absolute Gasteiger partial charge is 0.228 e. The van der Waals surface area contributed by atoms with Crippen LogP contribution in [0.1, 0.15) is 45.7 Å². The lowest BCUT2D eigenvalue weighted by Gasteiger charge is -2.14. The van der Waals surface area contributed by atoms with Gasteiger partial charge in [0.25, 0.3) is 0 Å². The van der Waals surface area contributed by atoms with Gasteiger partial charge in [0.05, 0.1) is 23.9 Å². The van der Waals surface area contributed by atoms with Crippen LogP contribution in [0.25, 0.3) is 5.69 Å². The number of hydrogen-bond acceptors (Lipinski definition) is 3. The van der Waals surface area contributed by atoms with Crippen LogP contribution in [0, 0.1) is 5.82 Å². The van der Waals surface area contributed by atoms with E-state index in [4.69, 9.17) is 4.74 Å². The number of benzene rings is 1. The Kier molecular flexibility index (Phi) is 4.90. The van der Waals surface area contributed by atoms with Gasteiger partial charge in [-0.3, -0.25) is 4.79 Å². The fourth-order valence-electron chi connectivity index (χ4n) is 2.82. The van der Waals surface area contributed by atoms with E-state index < -0.39 is 0 Å². The van der Waals surface area contributed by atoms with Gasteiger partial charge in [0, 0.05) is 18.1 Å². The van der Waals surface area contributed by atoms with Crippen LogP contribution in [0.15, 0.2) is 30.3 Å². The molecule has 1 saturated heterocycles. The molecule has 3 rings (SSSR count). The van der Waals surface area contributed by atoms with E-state index in [-0.39, 0.29) is 23.2 Å². The second-order valence-electron chi connectivity index (χ2n) is 7.44. The van der Waals surface area contributed by atoms with E-state index in [1.165, 1.54) is 12.1 Å². The second-order valence-corrected chi connectivity index (χ2v) is 7.44. The first kappa shape index (κ1) is 17.6. The fourth-order valence-corrected chi connectivity index (χ4v) is 2.82. The van der Waals surface area contributed by atoms with E-state index >= 15 is 0 Å². The van der Waals surface area contributed by atoms with Crippen molar-refractivity contribution in [1.82, 2.24) is 9.78 Å². The van der Waals surface area contributed by atoms with E-state index in [9.17, 15) is 9.18 Å². The summed E-state index contributed by atoms with van der Waals surface area (Å²) in [7, 11) is 0. The first-order valence-electron chi connectivity index (χ1n) is 8.61. The average Bonchev–Trinajstić information content (AvgIpc) is 3.17. The molecule has 0 bridgehead atoms. The zero-order chi connectivity index (χ0) is 18.0. The predicted molar refractivity (Wildman–Crippen MR) is 94.4 cm³/mol. The molecule has 25 heavy (non-hydrogen) atoms. The number of halogens is 1. The van der Waals surface area contributed by atoms with Gasteiger partial charge in [0.2, 0.25) is 5.91 Å². The van der Waals surface area contributed by atoms with Gasteiger partial charge in [0.1, 0.15) is 11.6 Å². The third-order valence-electron chi connectivity index (χ3n) is 4.25. The Balaban J connectivity index is 1.86. The molecule has 1 aromatic heterocycles. The van der Waals surface area contributed by atoms with E-state index in [1.807, 2.05) is 6.07 Å². The number of nitrogens with one attached hydrogen (secondary N) is 1. The Bertz CT molecular complexity index is 741. The van der Waals surface area contributed by atoms with Gasteiger partial charge in [-0.1, -0.05) is 20.8 Å². The van der Waals surface area contributed by atoms with Crippen molar-refractivity contribution in [1.29, 1.82) is 0 Å². The zero-order valence-corrected chi connectivity index (χ0v) is 14.9. The highest BCUT2D eigenvalue weighted by Gasteiger charge is 2.23. The van der Waals surface area contributed by atoms with Crippen molar-refractivity contribution in [2.75, 3.05) is 11.9 Å². The number of rotatable bonds is 4. The molecule has 1 N–H and O–H groups in total. The fraction of sp³-hybridized carbons (Fsp3) is 0.474. The number of carbonyl (C=O) groups is 1. The van der Waals surface area contributed by atoms with Gasteiger partial charge in [-0.05, 0) is 37.1 Å². The first-order chi connectivity index (χ1) is 11.8. The molecule has 1 atom stereocenters. The lowest BCUT2D eigenvalue weighted by atomic mass is 9.92. The van der Waals surface area contributed by atoms with Crippen LogP contribution in [0.3, 0.4) is 0 Å². The minimum absolute atomic E-state index is 0.00993. The van der Waals surface area contributed by atoms with Crippen molar-refractivity contribution in [2.24, 2.45) is 0 Å². The van der Waals surface area contributed by atoms with Crippen LogP contribution in [0.4, 0.5) is 10.2 Å². The van der Waals surface area contributed by atoms with E-state index in [0.29, 0.717) is 17.9 Å². The first-order valence-corrected chi connectivity index (χ1v) is 8.61. The molecule has 2 heterocycles. The molecule has 1 amide bonds. The van der Waals surface area contributed by atoms with Crippen LogP contribution in [0.2, 0.25) is 0 Å². The number of aromatic nitrogens is 2.